The number of esters is 1. The fourth-order valence-corrected chi connectivity index (χ4v) is 4.13. The lowest BCUT2D eigenvalue weighted by atomic mass is 9.95. The summed E-state index contributed by atoms with van der Waals surface area (Å²) in [4.78, 5) is 24.6. The molecule has 13 heteroatoms. The van der Waals surface area contributed by atoms with Crippen LogP contribution in [0.15, 0.2) is 93.3 Å². The van der Waals surface area contributed by atoms with Gasteiger partial charge in [0.2, 0.25) is 0 Å². The minimum atomic E-state index is -1.21. The van der Waals surface area contributed by atoms with E-state index in [4.69, 9.17) is 14.2 Å². The summed E-state index contributed by atoms with van der Waals surface area (Å²) in [6.07, 6.45) is 0.121. The predicted molar refractivity (Wildman–Crippen MR) is 158 cm³/mol. The molecule has 1 aliphatic heterocycles. The maximum Gasteiger partial charge on any atom is 0.337 e. The van der Waals surface area contributed by atoms with Gasteiger partial charge >= 0.3 is 12.0 Å². The summed E-state index contributed by atoms with van der Waals surface area (Å²) in [6, 6.07) is 17.6. The van der Waals surface area contributed by atoms with E-state index in [-0.39, 0.29) is 17.9 Å². The first kappa shape index (κ1) is 30.5. The molecule has 5 N–H and O–H groups in total. The topological polar surface area (TPSA) is 175 Å². The highest BCUT2D eigenvalue weighted by atomic mass is 16.5. The Morgan fingerprint density at radius 3 is 2.56 bits per heavy atom. The van der Waals surface area contributed by atoms with Crippen LogP contribution < -0.4 is 25.5 Å². The molecule has 1 aliphatic rings. The number of hydrazone groups is 1. The second-order valence-electron chi connectivity index (χ2n) is 9.19. The van der Waals surface area contributed by atoms with Gasteiger partial charge in [-0.2, -0.15) is 15.3 Å². The van der Waals surface area contributed by atoms with Crippen LogP contribution in [0.4, 0.5) is 16.2 Å². The molecule has 0 aliphatic carbocycles. The maximum absolute atomic E-state index is 12.4. The van der Waals surface area contributed by atoms with Crippen LogP contribution in [0.1, 0.15) is 31.0 Å². The number of phenols is 1. The number of allylic oxidation sites excluding steroid dienone is 1. The van der Waals surface area contributed by atoms with Crippen LogP contribution in [0.2, 0.25) is 0 Å². The minimum absolute atomic E-state index is 0.0262. The molecule has 0 saturated carbocycles. The summed E-state index contributed by atoms with van der Waals surface area (Å²) in [5.74, 6) is 0.0586. The molecule has 0 fully saturated rings. The zero-order valence-corrected chi connectivity index (χ0v) is 23.8. The average molecular weight is 589 g/mol. The second-order valence-corrected chi connectivity index (χ2v) is 9.19. The Kier molecular flexibility index (Phi) is 10.3. The number of azo groups is 1. The van der Waals surface area contributed by atoms with E-state index in [9.17, 15) is 19.8 Å². The van der Waals surface area contributed by atoms with Crippen LogP contribution in [0.5, 0.6) is 17.2 Å². The van der Waals surface area contributed by atoms with Crippen LogP contribution in [0, 0.1) is 0 Å². The van der Waals surface area contributed by atoms with Crippen LogP contribution in [-0.2, 0) is 9.53 Å². The number of aliphatic hydroxyl groups is 1. The first-order valence-corrected chi connectivity index (χ1v) is 13.3. The van der Waals surface area contributed by atoms with E-state index in [1.165, 1.54) is 19.4 Å². The monoisotopic (exact) mass is 588 g/mol. The van der Waals surface area contributed by atoms with Gasteiger partial charge in [0, 0.05) is 11.3 Å². The smallest absolute Gasteiger partial charge is 0.337 e. The lowest BCUT2D eigenvalue weighted by molar-refractivity contribution is -0.136. The van der Waals surface area contributed by atoms with Crippen molar-refractivity contribution in [2.24, 2.45) is 15.3 Å². The number of methoxy groups -OCH3 is 1. The number of amides is 2. The third kappa shape index (κ3) is 8.07. The predicted octanol–water partition coefficient (Wildman–Crippen LogP) is 4.33. The van der Waals surface area contributed by atoms with Crippen molar-refractivity contribution in [1.29, 1.82) is 0 Å². The van der Waals surface area contributed by atoms with Gasteiger partial charge in [-0.1, -0.05) is 24.3 Å². The first-order valence-electron chi connectivity index (χ1n) is 13.3. The fourth-order valence-electron chi connectivity index (χ4n) is 4.13. The standard InChI is InChI=1S/C30H32N6O7/c1-4-42-25-15-19(28-27(29(39)41-3)18(2)32-30(40)33-28)10-13-24(25)43-17-26(38)36-31-16-20-14-22(11-12-23(20)37)35-34-21-8-6-5-7-9-21/h5-16,26,28,36-38H,4,17H2,1-3H3,(H2,32,33,40)/b31-16-,35-34?/t26-,28-/m0/s1. The molecule has 0 aromatic heterocycles. The molecule has 1 heterocycles. The molecule has 3 aromatic carbocycles. The number of aliphatic hydroxyl groups excluding tert-OH is 1. The number of aromatic hydroxyl groups is 1. The van der Waals surface area contributed by atoms with Gasteiger partial charge in [-0.3, -0.25) is 5.43 Å². The Bertz CT molecular complexity index is 1540. The summed E-state index contributed by atoms with van der Waals surface area (Å²) >= 11 is 0. The van der Waals surface area contributed by atoms with Crippen molar-refractivity contribution in [2.75, 3.05) is 20.3 Å². The van der Waals surface area contributed by atoms with Crippen LogP contribution >= 0.6 is 0 Å². The second kappa shape index (κ2) is 14.5. The summed E-state index contributed by atoms with van der Waals surface area (Å²) in [7, 11) is 1.26. The average Bonchev–Trinajstić information content (AvgIpc) is 3.00. The maximum atomic E-state index is 12.4. The number of hydrogen-bond acceptors (Lipinski definition) is 11. The molecule has 0 saturated heterocycles. The van der Waals surface area contributed by atoms with E-state index in [1.807, 2.05) is 30.3 Å². The number of hydrogen-bond donors (Lipinski definition) is 5. The number of phenolic OH excluding ortho intramolecular Hbond substituents is 1. The van der Waals surface area contributed by atoms with Gasteiger partial charge in [0.25, 0.3) is 0 Å². The van der Waals surface area contributed by atoms with Crippen molar-refractivity contribution >= 4 is 29.6 Å². The third-order valence-electron chi connectivity index (χ3n) is 6.15. The van der Waals surface area contributed by atoms with Crippen LogP contribution in [0.3, 0.4) is 0 Å². The van der Waals surface area contributed by atoms with E-state index in [0.29, 0.717) is 46.3 Å². The summed E-state index contributed by atoms with van der Waals surface area (Å²) in [6.45, 7) is 3.52. The van der Waals surface area contributed by atoms with E-state index in [1.54, 1.807) is 44.2 Å². The van der Waals surface area contributed by atoms with Crippen molar-refractivity contribution < 1.29 is 34.0 Å². The van der Waals surface area contributed by atoms with Crippen molar-refractivity contribution in [3.8, 4) is 17.2 Å². The number of carbonyl (C=O) groups excluding carboxylic acids is 2. The van der Waals surface area contributed by atoms with Crippen molar-refractivity contribution in [3.63, 3.8) is 0 Å². The molecule has 2 atom stereocenters. The van der Waals surface area contributed by atoms with E-state index >= 15 is 0 Å². The number of urea groups is 1. The highest BCUT2D eigenvalue weighted by Gasteiger charge is 2.32. The van der Waals surface area contributed by atoms with Gasteiger partial charge in [-0.15, -0.1) is 0 Å². The molecule has 0 bridgehead atoms. The molecular formula is C30H32N6O7. The number of nitrogens with zero attached hydrogens (tertiary/aromatic N) is 3. The molecule has 3 aromatic rings. The van der Waals surface area contributed by atoms with Crippen LogP contribution in [0.25, 0.3) is 0 Å². The van der Waals surface area contributed by atoms with Gasteiger partial charge in [0.05, 0.1) is 42.9 Å². The third-order valence-corrected chi connectivity index (χ3v) is 6.15. The van der Waals surface area contributed by atoms with E-state index in [2.05, 4.69) is 31.4 Å². The van der Waals surface area contributed by atoms with Gasteiger partial charge < -0.3 is 35.1 Å². The molecule has 0 radical (unpaired) electrons. The lowest BCUT2D eigenvalue weighted by Gasteiger charge is -2.28. The number of benzene rings is 3. The van der Waals surface area contributed by atoms with Gasteiger partial charge in [-0.05, 0) is 61.9 Å². The zero-order valence-electron chi connectivity index (χ0n) is 23.8. The SMILES string of the molecule is CCOc1cc([C@@H]2NC(=O)NC(C)=C2C(=O)OC)ccc1OC[C@H](O)N/N=C\c1cc(N=Nc2ccccc2)ccc1O. The Labute approximate surface area is 247 Å². The molecule has 43 heavy (non-hydrogen) atoms. The molecule has 224 valence electrons. The van der Waals surface area contributed by atoms with E-state index < -0.39 is 24.3 Å². The van der Waals surface area contributed by atoms with Crippen molar-refractivity contribution in [3.05, 3.63) is 89.1 Å². The first-order chi connectivity index (χ1) is 20.8. The van der Waals surface area contributed by atoms with E-state index in [0.717, 1.165) is 0 Å². The molecule has 13 nitrogen and oxygen atoms in total. The zero-order chi connectivity index (χ0) is 30.8. The molecular weight excluding hydrogens is 556 g/mol. The number of ether oxygens (including phenoxy) is 3. The Balaban J connectivity index is 1.40. The normalized spacial score (nSPS) is 15.6. The molecule has 4 rings (SSSR count). The summed E-state index contributed by atoms with van der Waals surface area (Å²) in [5.41, 5.74) is 5.30. The molecule has 2 amide bonds. The van der Waals surface area contributed by atoms with Crippen LogP contribution in [-0.4, -0.2) is 55.0 Å². The molecule has 0 unspecified atom stereocenters. The van der Waals surface area contributed by atoms with Gasteiger partial charge in [0.15, 0.2) is 17.7 Å². The quantitative estimate of drug-likeness (QED) is 0.0683. The Hall–Kier alpha value is -5.43. The minimum Gasteiger partial charge on any atom is -0.507 e. The number of nitrogens with one attached hydrogen (secondary N) is 3. The molecule has 0 spiro atoms. The summed E-state index contributed by atoms with van der Waals surface area (Å²) < 4.78 is 16.4. The Morgan fingerprint density at radius 2 is 1.81 bits per heavy atom. The highest BCUT2D eigenvalue weighted by Crippen LogP contribution is 2.35. The Morgan fingerprint density at radius 1 is 1.05 bits per heavy atom. The van der Waals surface area contributed by atoms with Gasteiger partial charge in [-0.25, -0.2) is 9.59 Å². The van der Waals surface area contributed by atoms with Crippen molar-refractivity contribution in [1.82, 2.24) is 16.1 Å². The fraction of sp³-hybridized carbons (Fsp3) is 0.233. The highest BCUT2D eigenvalue weighted by molar-refractivity contribution is 5.95. The lowest BCUT2D eigenvalue weighted by Crippen LogP contribution is -2.45. The largest absolute Gasteiger partial charge is 0.507 e. The van der Waals surface area contributed by atoms with Crippen molar-refractivity contribution in [2.45, 2.75) is 26.1 Å². The number of carbonyl (C=O) groups is 2. The summed E-state index contributed by atoms with van der Waals surface area (Å²) in [5, 5.41) is 38.2. The van der Waals surface area contributed by atoms with Gasteiger partial charge in [0.1, 0.15) is 12.4 Å². The number of rotatable bonds is 12.